The van der Waals surface area contributed by atoms with Crippen molar-refractivity contribution in [3.05, 3.63) is 11.9 Å². The van der Waals surface area contributed by atoms with Gasteiger partial charge in [-0.05, 0) is 39.8 Å². The van der Waals surface area contributed by atoms with E-state index in [1.807, 2.05) is 6.92 Å². The topological polar surface area (TPSA) is 76.3 Å². The molecule has 3 N–H and O–H groups in total. The van der Waals surface area contributed by atoms with Crippen molar-refractivity contribution in [2.45, 2.75) is 32.2 Å². The molecule has 1 fully saturated rings. The molecule has 0 spiro atoms. The number of ether oxygens (including phenoxy) is 1. The van der Waals surface area contributed by atoms with Crippen LogP contribution in [0.25, 0.3) is 0 Å². The standard InChI is InChI=1S/C12H21N5O/c1-9-14-11(16-13)8-12(15-9)18-7-5-10-4-3-6-17(10)2/h8,10H,3-7,13H2,1-2H3,(H,14,15,16). The van der Waals surface area contributed by atoms with Gasteiger partial charge >= 0.3 is 0 Å². The molecule has 0 bridgehead atoms. The van der Waals surface area contributed by atoms with Crippen molar-refractivity contribution < 1.29 is 4.74 Å². The number of rotatable bonds is 5. The molecule has 1 saturated heterocycles. The highest BCUT2D eigenvalue weighted by Gasteiger charge is 2.20. The number of nitrogens with two attached hydrogens (primary N) is 1. The molecule has 0 radical (unpaired) electrons. The van der Waals surface area contributed by atoms with Crippen molar-refractivity contribution in [3.63, 3.8) is 0 Å². The Labute approximate surface area is 108 Å². The van der Waals surface area contributed by atoms with Gasteiger partial charge in [-0.3, -0.25) is 0 Å². The van der Waals surface area contributed by atoms with Crippen LogP contribution in [0.1, 0.15) is 25.1 Å². The summed E-state index contributed by atoms with van der Waals surface area (Å²) in [6, 6.07) is 2.35. The maximum absolute atomic E-state index is 5.67. The quantitative estimate of drug-likeness (QED) is 0.599. The molecular formula is C12H21N5O. The number of nitrogens with one attached hydrogen (secondary N) is 1. The fourth-order valence-electron chi connectivity index (χ4n) is 2.33. The molecule has 0 saturated carbocycles. The van der Waals surface area contributed by atoms with E-state index in [9.17, 15) is 0 Å². The molecule has 0 amide bonds. The van der Waals surface area contributed by atoms with Gasteiger partial charge in [0.05, 0.1) is 6.61 Å². The van der Waals surface area contributed by atoms with Gasteiger partial charge in [0.1, 0.15) is 11.6 Å². The van der Waals surface area contributed by atoms with Gasteiger partial charge < -0.3 is 15.1 Å². The molecule has 1 aromatic heterocycles. The second-order valence-corrected chi connectivity index (χ2v) is 4.70. The van der Waals surface area contributed by atoms with Crippen LogP contribution >= 0.6 is 0 Å². The second kappa shape index (κ2) is 5.97. The lowest BCUT2D eigenvalue weighted by Crippen LogP contribution is -2.26. The first-order chi connectivity index (χ1) is 8.69. The molecule has 1 aliphatic rings. The molecular weight excluding hydrogens is 230 g/mol. The highest BCUT2D eigenvalue weighted by Crippen LogP contribution is 2.18. The van der Waals surface area contributed by atoms with Crippen LogP contribution in [0.3, 0.4) is 0 Å². The number of nitrogens with zero attached hydrogens (tertiary/aromatic N) is 3. The van der Waals surface area contributed by atoms with Crippen molar-refractivity contribution in [1.82, 2.24) is 14.9 Å². The third-order valence-corrected chi connectivity index (χ3v) is 3.33. The Balaban J connectivity index is 1.84. The van der Waals surface area contributed by atoms with Crippen LogP contribution in [0.4, 0.5) is 5.82 Å². The fourth-order valence-corrected chi connectivity index (χ4v) is 2.33. The average molecular weight is 251 g/mol. The summed E-state index contributed by atoms with van der Waals surface area (Å²) in [6.07, 6.45) is 3.58. The van der Waals surface area contributed by atoms with Crippen molar-refractivity contribution in [1.29, 1.82) is 0 Å². The monoisotopic (exact) mass is 251 g/mol. The minimum Gasteiger partial charge on any atom is -0.477 e. The zero-order valence-electron chi connectivity index (χ0n) is 11.0. The Morgan fingerprint density at radius 2 is 2.39 bits per heavy atom. The molecule has 2 rings (SSSR count). The average Bonchev–Trinajstić information content (AvgIpc) is 2.74. The molecule has 18 heavy (non-hydrogen) atoms. The minimum absolute atomic E-state index is 0.579. The summed E-state index contributed by atoms with van der Waals surface area (Å²) in [7, 11) is 2.17. The van der Waals surface area contributed by atoms with Gasteiger partial charge in [0.25, 0.3) is 0 Å². The SMILES string of the molecule is Cc1nc(NN)cc(OCCC2CCCN2C)n1. The smallest absolute Gasteiger partial charge is 0.218 e. The highest BCUT2D eigenvalue weighted by atomic mass is 16.5. The Morgan fingerprint density at radius 1 is 1.56 bits per heavy atom. The van der Waals surface area contributed by atoms with Gasteiger partial charge in [-0.25, -0.2) is 10.8 Å². The molecule has 1 atom stereocenters. The zero-order valence-corrected chi connectivity index (χ0v) is 11.0. The third kappa shape index (κ3) is 3.30. The molecule has 0 aliphatic carbocycles. The molecule has 100 valence electrons. The second-order valence-electron chi connectivity index (χ2n) is 4.70. The number of anilines is 1. The number of hydrazine groups is 1. The van der Waals surface area contributed by atoms with E-state index in [1.165, 1.54) is 19.4 Å². The summed E-state index contributed by atoms with van der Waals surface area (Å²) in [5.74, 6) is 7.14. The molecule has 2 heterocycles. The van der Waals surface area contributed by atoms with Crippen molar-refractivity contribution in [2.24, 2.45) is 5.84 Å². The maximum atomic E-state index is 5.67. The van der Waals surface area contributed by atoms with Crippen LogP contribution < -0.4 is 16.0 Å². The van der Waals surface area contributed by atoms with Gasteiger partial charge in [-0.15, -0.1) is 0 Å². The molecule has 1 aliphatic heterocycles. The molecule has 1 unspecified atom stereocenters. The summed E-state index contributed by atoms with van der Waals surface area (Å²) in [6.45, 7) is 3.69. The number of nitrogen functional groups attached to an aromatic ring is 1. The van der Waals surface area contributed by atoms with Crippen LogP contribution in [0.2, 0.25) is 0 Å². The van der Waals surface area contributed by atoms with E-state index in [0.717, 1.165) is 6.42 Å². The van der Waals surface area contributed by atoms with Crippen LogP contribution in [-0.2, 0) is 0 Å². The van der Waals surface area contributed by atoms with Gasteiger partial charge in [-0.2, -0.15) is 4.98 Å². The van der Waals surface area contributed by atoms with Gasteiger partial charge in [0.15, 0.2) is 0 Å². The highest BCUT2D eigenvalue weighted by molar-refractivity contribution is 5.36. The van der Waals surface area contributed by atoms with Gasteiger partial charge in [0.2, 0.25) is 5.88 Å². The minimum atomic E-state index is 0.579. The van der Waals surface area contributed by atoms with Crippen molar-refractivity contribution in [3.8, 4) is 5.88 Å². The van der Waals surface area contributed by atoms with Crippen LogP contribution in [0.15, 0.2) is 6.07 Å². The lowest BCUT2D eigenvalue weighted by molar-refractivity contribution is 0.228. The Morgan fingerprint density at radius 3 is 3.06 bits per heavy atom. The van der Waals surface area contributed by atoms with E-state index in [-0.39, 0.29) is 0 Å². The van der Waals surface area contributed by atoms with E-state index in [4.69, 9.17) is 10.6 Å². The summed E-state index contributed by atoms with van der Waals surface area (Å²) in [5.41, 5.74) is 2.51. The number of aryl methyl sites for hydroxylation is 1. The van der Waals surface area contributed by atoms with Crippen LogP contribution in [0.5, 0.6) is 5.88 Å². The predicted octanol–water partition coefficient (Wildman–Crippen LogP) is 0.934. The first-order valence-electron chi connectivity index (χ1n) is 6.34. The Kier molecular flexibility index (Phi) is 4.33. The van der Waals surface area contributed by atoms with E-state index in [1.54, 1.807) is 6.07 Å². The van der Waals surface area contributed by atoms with E-state index in [2.05, 4.69) is 27.3 Å². The summed E-state index contributed by atoms with van der Waals surface area (Å²) in [5, 5.41) is 0. The number of aromatic nitrogens is 2. The normalized spacial score (nSPS) is 20.1. The maximum Gasteiger partial charge on any atom is 0.218 e. The first-order valence-corrected chi connectivity index (χ1v) is 6.34. The first kappa shape index (κ1) is 13.0. The van der Waals surface area contributed by atoms with E-state index in [0.29, 0.717) is 30.2 Å². The lowest BCUT2D eigenvalue weighted by atomic mass is 10.1. The Bertz CT molecular complexity index is 398. The molecule has 6 heteroatoms. The Hall–Kier alpha value is -1.40. The summed E-state index contributed by atoms with van der Waals surface area (Å²) >= 11 is 0. The van der Waals surface area contributed by atoms with Crippen molar-refractivity contribution in [2.75, 3.05) is 25.6 Å². The van der Waals surface area contributed by atoms with Crippen molar-refractivity contribution >= 4 is 5.82 Å². The molecule has 6 nitrogen and oxygen atoms in total. The van der Waals surface area contributed by atoms with Crippen LogP contribution in [0, 0.1) is 6.92 Å². The number of hydrogen-bond acceptors (Lipinski definition) is 6. The number of hydrogen-bond donors (Lipinski definition) is 2. The largest absolute Gasteiger partial charge is 0.477 e. The van der Waals surface area contributed by atoms with E-state index >= 15 is 0 Å². The van der Waals surface area contributed by atoms with Gasteiger partial charge in [0, 0.05) is 12.1 Å². The molecule has 1 aromatic rings. The number of likely N-dealkylation sites (tertiary alicyclic amines) is 1. The lowest BCUT2D eigenvalue weighted by Gasteiger charge is -2.19. The molecule has 0 aromatic carbocycles. The zero-order chi connectivity index (χ0) is 13.0. The van der Waals surface area contributed by atoms with Gasteiger partial charge in [-0.1, -0.05) is 0 Å². The van der Waals surface area contributed by atoms with E-state index < -0.39 is 0 Å². The van der Waals surface area contributed by atoms with Crippen LogP contribution in [-0.4, -0.2) is 41.1 Å². The summed E-state index contributed by atoms with van der Waals surface area (Å²) < 4.78 is 5.67. The summed E-state index contributed by atoms with van der Waals surface area (Å²) in [4.78, 5) is 10.7. The third-order valence-electron chi connectivity index (χ3n) is 3.33. The predicted molar refractivity (Wildman–Crippen MR) is 70.3 cm³/mol. The fraction of sp³-hybridized carbons (Fsp3) is 0.667.